The molecule has 4 heterocycles. The minimum atomic E-state index is 1.03. The minimum absolute atomic E-state index is 1.03. The Hall–Kier alpha value is -7.34. The van der Waals surface area contributed by atoms with E-state index in [1.807, 2.05) is 0 Å². The second kappa shape index (κ2) is 12.3. The number of rotatable bonds is 4. The average Bonchev–Trinajstić information content (AvgIpc) is 4.01. The highest BCUT2D eigenvalue weighted by atomic mass is 79.9. The van der Waals surface area contributed by atoms with Gasteiger partial charge in [-0.25, -0.2) is 0 Å². The van der Waals surface area contributed by atoms with Crippen LogP contribution in [0.3, 0.4) is 0 Å². The highest BCUT2D eigenvalue weighted by Crippen LogP contribution is 2.43. The molecular weight excluding hydrogens is 785 g/mol. The largest absolute Gasteiger partial charge is 0.309 e. The summed E-state index contributed by atoms with van der Waals surface area (Å²) in [6.45, 7) is 0. The van der Waals surface area contributed by atoms with Gasteiger partial charge in [0.1, 0.15) is 0 Å². The van der Waals surface area contributed by atoms with Crippen LogP contribution in [0.2, 0.25) is 0 Å². The molecule has 0 N–H and O–H groups in total. The van der Waals surface area contributed by atoms with Gasteiger partial charge in [-0.1, -0.05) is 115 Å². The molecule has 0 radical (unpaired) electrons. The number of hydrogen-bond acceptors (Lipinski definition) is 0. The number of benzene rings is 9. The second-order valence-electron chi connectivity index (χ2n) is 15.5. The molecule has 0 aliphatic carbocycles. The first-order valence-electron chi connectivity index (χ1n) is 20.1. The molecule has 13 rings (SSSR count). The average molecular weight is 818 g/mol. The van der Waals surface area contributed by atoms with Gasteiger partial charge in [0.25, 0.3) is 0 Å². The fraction of sp³-hybridized carbons (Fsp3) is 0. The van der Waals surface area contributed by atoms with Gasteiger partial charge in [-0.15, -0.1) is 0 Å². The van der Waals surface area contributed by atoms with Crippen LogP contribution in [0.1, 0.15) is 0 Å². The van der Waals surface area contributed by atoms with Crippen molar-refractivity contribution >= 4 is 103 Å². The van der Waals surface area contributed by atoms with E-state index in [0.29, 0.717) is 0 Å². The lowest BCUT2D eigenvalue weighted by atomic mass is 10.1. The summed E-state index contributed by atoms with van der Waals surface area (Å²) in [4.78, 5) is 0. The Morgan fingerprint density at radius 1 is 0.254 bits per heavy atom. The molecular formula is C54H33BrN4. The van der Waals surface area contributed by atoms with Crippen molar-refractivity contribution in [1.82, 2.24) is 18.3 Å². The van der Waals surface area contributed by atoms with Crippen molar-refractivity contribution in [3.8, 4) is 22.7 Å². The Balaban J connectivity index is 1.05. The van der Waals surface area contributed by atoms with E-state index in [1.165, 1.54) is 76.2 Å². The number of fused-ring (bicyclic) bond motifs is 12. The minimum Gasteiger partial charge on any atom is -0.309 e. The second-order valence-corrected chi connectivity index (χ2v) is 16.3. The van der Waals surface area contributed by atoms with E-state index >= 15 is 0 Å². The van der Waals surface area contributed by atoms with Crippen LogP contribution < -0.4 is 0 Å². The quantitative estimate of drug-likeness (QED) is 0.169. The number of para-hydroxylation sites is 7. The zero-order chi connectivity index (χ0) is 38.8. The van der Waals surface area contributed by atoms with Crippen molar-refractivity contribution in [2.45, 2.75) is 0 Å². The summed E-state index contributed by atoms with van der Waals surface area (Å²) >= 11 is 4.06. The summed E-state index contributed by atoms with van der Waals surface area (Å²) in [5, 5.41) is 9.90. The molecule has 0 saturated heterocycles. The Morgan fingerprint density at radius 3 is 1.00 bits per heavy atom. The first-order chi connectivity index (χ1) is 29.2. The van der Waals surface area contributed by atoms with Crippen molar-refractivity contribution in [1.29, 1.82) is 0 Å². The lowest BCUT2D eigenvalue weighted by molar-refractivity contribution is 1.09. The molecule has 59 heavy (non-hydrogen) atoms. The number of aromatic nitrogens is 4. The van der Waals surface area contributed by atoms with Crippen LogP contribution in [0.5, 0.6) is 0 Å². The normalized spacial score (nSPS) is 12.2. The highest BCUT2D eigenvalue weighted by molar-refractivity contribution is 9.10. The Bertz CT molecular complexity index is 3770. The van der Waals surface area contributed by atoms with E-state index in [0.717, 1.165) is 38.3 Å². The van der Waals surface area contributed by atoms with Gasteiger partial charge in [0, 0.05) is 58.9 Å². The van der Waals surface area contributed by atoms with Gasteiger partial charge in [0.15, 0.2) is 0 Å². The molecule has 13 aromatic rings. The van der Waals surface area contributed by atoms with Gasteiger partial charge in [0.2, 0.25) is 0 Å². The summed E-state index contributed by atoms with van der Waals surface area (Å²) in [6.07, 6.45) is 0. The van der Waals surface area contributed by atoms with Crippen LogP contribution in [0.15, 0.2) is 205 Å². The number of halogens is 1. The molecule has 0 saturated carbocycles. The van der Waals surface area contributed by atoms with Crippen molar-refractivity contribution in [3.63, 3.8) is 0 Å². The standard InChI is InChI=1S/C54H33BrN4/c55-44-20-13-27-53(58-48-24-10-3-16-38(48)39-17-4-11-25-49(39)58)54(44)59-50-26-12-6-19-41(50)43-33-35(29-31-52(43)59)57-47-23-9-5-18-40(47)42-32-34(28-30-51(42)57)56-45-21-7-1-14-36(45)37-15-2-8-22-46(37)56/h1-33H. The molecule has 0 amide bonds. The molecule has 4 aromatic heterocycles. The molecule has 5 heteroatoms. The predicted octanol–water partition coefficient (Wildman–Crippen LogP) is 14.8. The zero-order valence-corrected chi connectivity index (χ0v) is 33.3. The molecule has 9 aromatic carbocycles. The van der Waals surface area contributed by atoms with Crippen LogP contribution >= 0.6 is 15.9 Å². The topological polar surface area (TPSA) is 19.7 Å². The molecule has 0 atom stereocenters. The summed E-state index contributed by atoms with van der Waals surface area (Å²) in [7, 11) is 0. The van der Waals surface area contributed by atoms with Crippen molar-refractivity contribution in [2.75, 3.05) is 0 Å². The molecule has 0 fully saturated rings. The van der Waals surface area contributed by atoms with Gasteiger partial charge >= 0.3 is 0 Å². The monoisotopic (exact) mass is 816 g/mol. The Labute approximate surface area is 347 Å². The zero-order valence-electron chi connectivity index (χ0n) is 31.7. The van der Waals surface area contributed by atoms with Gasteiger partial charge in [-0.2, -0.15) is 0 Å². The SMILES string of the molecule is Brc1cccc(-n2c3ccccc3c3ccccc32)c1-n1c2ccccc2c2cc(-n3c4ccccc4c4cc(-n5c6ccccc6c6ccccc65)ccc43)ccc21. The molecule has 0 bridgehead atoms. The van der Waals surface area contributed by atoms with Crippen molar-refractivity contribution < 1.29 is 0 Å². The third-order valence-corrected chi connectivity index (χ3v) is 13.1. The van der Waals surface area contributed by atoms with Gasteiger partial charge in [-0.05, 0) is 101 Å². The van der Waals surface area contributed by atoms with Gasteiger partial charge < -0.3 is 18.3 Å². The number of nitrogens with zero attached hydrogens (tertiary/aromatic N) is 4. The summed E-state index contributed by atoms with van der Waals surface area (Å²) in [5.74, 6) is 0. The third kappa shape index (κ3) is 4.53. The van der Waals surface area contributed by atoms with Crippen LogP contribution in [-0.4, -0.2) is 18.3 Å². The first kappa shape index (κ1) is 32.7. The van der Waals surface area contributed by atoms with E-state index in [-0.39, 0.29) is 0 Å². The van der Waals surface area contributed by atoms with Gasteiger partial charge in [-0.3, -0.25) is 0 Å². The summed E-state index contributed by atoms with van der Waals surface area (Å²) in [5.41, 5.74) is 14.0. The lowest BCUT2D eigenvalue weighted by Gasteiger charge is -2.18. The molecule has 0 spiro atoms. The maximum Gasteiger partial charge on any atom is 0.0846 e. The third-order valence-electron chi connectivity index (χ3n) is 12.4. The van der Waals surface area contributed by atoms with E-state index in [4.69, 9.17) is 0 Å². The van der Waals surface area contributed by atoms with Crippen LogP contribution in [0.25, 0.3) is 110 Å². The van der Waals surface area contributed by atoms with E-state index < -0.39 is 0 Å². The van der Waals surface area contributed by atoms with Crippen molar-refractivity contribution in [2.24, 2.45) is 0 Å². The molecule has 276 valence electrons. The van der Waals surface area contributed by atoms with Gasteiger partial charge in [0.05, 0.1) is 55.5 Å². The fourth-order valence-electron chi connectivity index (χ4n) is 10.0. The maximum absolute atomic E-state index is 4.06. The lowest BCUT2D eigenvalue weighted by Crippen LogP contribution is -2.04. The van der Waals surface area contributed by atoms with Crippen LogP contribution in [0.4, 0.5) is 0 Å². The molecule has 4 nitrogen and oxygen atoms in total. The first-order valence-corrected chi connectivity index (χ1v) is 20.8. The van der Waals surface area contributed by atoms with E-state index in [1.54, 1.807) is 0 Å². The Morgan fingerprint density at radius 2 is 0.576 bits per heavy atom. The van der Waals surface area contributed by atoms with E-state index in [2.05, 4.69) is 234 Å². The highest BCUT2D eigenvalue weighted by Gasteiger charge is 2.22. The smallest absolute Gasteiger partial charge is 0.0846 e. The van der Waals surface area contributed by atoms with Crippen LogP contribution in [-0.2, 0) is 0 Å². The molecule has 0 aliphatic rings. The Kier molecular flexibility index (Phi) is 6.84. The maximum atomic E-state index is 4.06. The fourth-order valence-corrected chi connectivity index (χ4v) is 10.5. The summed E-state index contributed by atoms with van der Waals surface area (Å²) in [6, 6.07) is 73.1. The van der Waals surface area contributed by atoms with Crippen LogP contribution in [0, 0.1) is 0 Å². The molecule has 0 unspecified atom stereocenters. The number of hydrogen-bond donors (Lipinski definition) is 0. The van der Waals surface area contributed by atoms with Crippen molar-refractivity contribution in [3.05, 3.63) is 205 Å². The summed E-state index contributed by atoms with van der Waals surface area (Å²) < 4.78 is 10.7. The predicted molar refractivity (Wildman–Crippen MR) is 251 cm³/mol. The molecule has 0 aliphatic heterocycles. The van der Waals surface area contributed by atoms with E-state index in [9.17, 15) is 0 Å².